The van der Waals surface area contributed by atoms with E-state index in [0.717, 1.165) is 30.6 Å². The Hall–Kier alpha value is -2.17. The molecule has 4 heteroatoms. The fourth-order valence-corrected chi connectivity index (χ4v) is 3.88. The van der Waals surface area contributed by atoms with Gasteiger partial charge in [-0.05, 0) is 43.5 Å². The molecule has 2 aromatic carbocycles. The summed E-state index contributed by atoms with van der Waals surface area (Å²) in [4.78, 5) is 15.2. The molecule has 3 aliphatic rings. The molecule has 0 N–H and O–H groups in total. The first-order valence-electron chi connectivity index (χ1n) is 8.09. The Labute approximate surface area is 134 Å². The summed E-state index contributed by atoms with van der Waals surface area (Å²) in [5.74, 6) is -0.637. The van der Waals surface area contributed by atoms with Crippen molar-refractivity contribution >= 4 is 17.3 Å². The molecule has 1 aliphatic carbocycles. The SMILES string of the molecule is O=C(N(c1ccccc1)c1ccccc1)C12CCCC3OC31O2. The molecule has 2 saturated heterocycles. The van der Waals surface area contributed by atoms with Gasteiger partial charge in [-0.25, -0.2) is 0 Å². The number of para-hydroxylation sites is 2. The number of nitrogens with zero attached hydrogens (tertiary/aromatic N) is 1. The van der Waals surface area contributed by atoms with Crippen LogP contribution in [0.1, 0.15) is 19.3 Å². The maximum atomic E-state index is 13.4. The van der Waals surface area contributed by atoms with E-state index in [-0.39, 0.29) is 12.0 Å². The molecule has 1 saturated carbocycles. The third-order valence-corrected chi connectivity index (χ3v) is 5.10. The lowest BCUT2D eigenvalue weighted by atomic mass is 9.87. The normalized spacial score (nSPS) is 33.3. The number of epoxide rings is 2. The lowest BCUT2D eigenvalue weighted by Gasteiger charge is -2.26. The zero-order valence-electron chi connectivity index (χ0n) is 12.6. The second-order valence-corrected chi connectivity index (χ2v) is 6.41. The van der Waals surface area contributed by atoms with E-state index in [4.69, 9.17) is 9.47 Å². The number of ether oxygens (including phenoxy) is 2. The highest BCUT2D eigenvalue weighted by Gasteiger charge is 2.90. The summed E-state index contributed by atoms with van der Waals surface area (Å²) in [6.07, 6.45) is 2.80. The number of hydrogen-bond acceptors (Lipinski definition) is 3. The van der Waals surface area contributed by atoms with Gasteiger partial charge in [-0.2, -0.15) is 0 Å². The van der Waals surface area contributed by atoms with Gasteiger partial charge in [-0.1, -0.05) is 36.4 Å². The smallest absolute Gasteiger partial charge is 0.269 e. The van der Waals surface area contributed by atoms with Crippen LogP contribution >= 0.6 is 0 Å². The number of benzene rings is 2. The standard InChI is InChI=1S/C19H17NO3/c21-17(18-13-7-12-16-19(18,22-16)23-18)20(14-8-3-1-4-9-14)15-10-5-2-6-11-15/h1-6,8-11,16H,7,12-13H2. The molecule has 1 spiro atoms. The summed E-state index contributed by atoms with van der Waals surface area (Å²) in [6, 6.07) is 19.5. The topological polar surface area (TPSA) is 45.4 Å². The van der Waals surface area contributed by atoms with Gasteiger partial charge in [0, 0.05) is 11.4 Å². The van der Waals surface area contributed by atoms with Crippen LogP contribution in [0.2, 0.25) is 0 Å². The molecule has 3 atom stereocenters. The quantitative estimate of drug-likeness (QED) is 0.816. The molecule has 23 heavy (non-hydrogen) atoms. The van der Waals surface area contributed by atoms with E-state index in [0.29, 0.717) is 0 Å². The third-order valence-electron chi connectivity index (χ3n) is 5.10. The summed E-state index contributed by atoms with van der Waals surface area (Å²) in [7, 11) is 0. The third kappa shape index (κ3) is 1.70. The Kier molecular flexibility index (Phi) is 2.56. The Morgan fingerprint density at radius 1 is 1.00 bits per heavy atom. The van der Waals surface area contributed by atoms with Crippen LogP contribution in [0.5, 0.6) is 0 Å². The molecule has 5 rings (SSSR count). The van der Waals surface area contributed by atoms with E-state index in [9.17, 15) is 4.79 Å². The van der Waals surface area contributed by atoms with Crippen molar-refractivity contribution in [3.8, 4) is 0 Å². The molecule has 4 nitrogen and oxygen atoms in total. The van der Waals surface area contributed by atoms with Crippen molar-refractivity contribution in [2.75, 3.05) is 4.90 Å². The van der Waals surface area contributed by atoms with Crippen molar-refractivity contribution in [2.24, 2.45) is 0 Å². The van der Waals surface area contributed by atoms with Gasteiger partial charge >= 0.3 is 0 Å². The van der Waals surface area contributed by atoms with Crippen LogP contribution in [0.3, 0.4) is 0 Å². The van der Waals surface area contributed by atoms with E-state index in [1.807, 2.05) is 60.7 Å². The second-order valence-electron chi connectivity index (χ2n) is 6.41. The molecule has 2 aromatic rings. The first kappa shape index (κ1) is 13.3. The molecule has 116 valence electrons. The highest BCUT2D eigenvalue weighted by atomic mass is 16.9. The summed E-state index contributed by atoms with van der Waals surface area (Å²) < 4.78 is 11.6. The monoisotopic (exact) mass is 307 g/mol. The van der Waals surface area contributed by atoms with Gasteiger partial charge in [0.15, 0.2) is 0 Å². The number of carbonyl (C=O) groups excluding carboxylic acids is 1. The van der Waals surface area contributed by atoms with Crippen LogP contribution < -0.4 is 4.90 Å². The molecular weight excluding hydrogens is 290 g/mol. The van der Waals surface area contributed by atoms with Gasteiger partial charge in [-0.3, -0.25) is 9.69 Å². The Balaban J connectivity index is 1.57. The van der Waals surface area contributed by atoms with E-state index in [1.165, 1.54) is 0 Å². The fraction of sp³-hybridized carbons (Fsp3) is 0.316. The zero-order chi connectivity index (χ0) is 15.5. The Morgan fingerprint density at radius 2 is 1.61 bits per heavy atom. The molecule has 0 radical (unpaired) electrons. The number of hydrogen-bond donors (Lipinski definition) is 0. The number of amides is 1. The van der Waals surface area contributed by atoms with Crippen LogP contribution in [0.25, 0.3) is 0 Å². The number of rotatable bonds is 3. The molecule has 0 bridgehead atoms. The van der Waals surface area contributed by atoms with Crippen molar-refractivity contribution in [3.05, 3.63) is 60.7 Å². The number of carbonyl (C=O) groups is 1. The molecule has 2 heterocycles. The first-order chi connectivity index (χ1) is 11.3. The predicted octanol–water partition coefficient (Wildman–Crippen LogP) is 3.40. The highest BCUT2D eigenvalue weighted by Crippen LogP contribution is 2.69. The average Bonchev–Trinajstić information content (AvgIpc) is 3.47. The molecular formula is C19H17NO3. The van der Waals surface area contributed by atoms with Gasteiger partial charge in [0.1, 0.15) is 6.10 Å². The van der Waals surface area contributed by atoms with Crippen LogP contribution in [-0.4, -0.2) is 23.4 Å². The summed E-state index contributed by atoms with van der Waals surface area (Å²) >= 11 is 0. The lowest BCUT2D eigenvalue weighted by molar-refractivity contribution is -0.123. The van der Waals surface area contributed by atoms with Crippen molar-refractivity contribution in [1.29, 1.82) is 0 Å². The number of anilines is 2. The molecule has 3 fully saturated rings. The van der Waals surface area contributed by atoms with Crippen molar-refractivity contribution < 1.29 is 14.3 Å². The van der Waals surface area contributed by atoms with Crippen molar-refractivity contribution in [2.45, 2.75) is 36.8 Å². The average molecular weight is 307 g/mol. The highest BCUT2D eigenvalue weighted by molar-refractivity contribution is 6.08. The van der Waals surface area contributed by atoms with Crippen molar-refractivity contribution in [1.82, 2.24) is 0 Å². The van der Waals surface area contributed by atoms with Crippen LogP contribution in [0, 0.1) is 0 Å². The Morgan fingerprint density at radius 3 is 2.22 bits per heavy atom. The van der Waals surface area contributed by atoms with E-state index in [2.05, 4.69) is 0 Å². The van der Waals surface area contributed by atoms with Gasteiger partial charge in [0.2, 0.25) is 11.4 Å². The maximum absolute atomic E-state index is 13.4. The van der Waals surface area contributed by atoms with Gasteiger partial charge in [-0.15, -0.1) is 0 Å². The minimum Gasteiger partial charge on any atom is -0.336 e. The van der Waals surface area contributed by atoms with Crippen LogP contribution in [0.4, 0.5) is 11.4 Å². The second kappa shape index (κ2) is 4.43. The van der Waals surface area contributed by atoms with Gasteiger partial charge < -0.3 is 9.47 Å². The van der Waals surface area contributed by atoms with E-state index in [1.54, 1.807) is 4.90 Å². The molecule has 1 amide bonds. The predicted molar refractivity (Wildman–Crippen MR) is 85.3 cm³/mol. The van der Waals surface area contributed by atoms with E-state index < -0.39 is 11.4 Å². The maximum Gasteiger partial charge on any atom is 0.269 e. The zero-order valence-corrected chi connectivity index (χ0v) is 12.6. The van der Waals surface area contributed by atoms with Gasteiger partial charge in [0.05, 0.1) is 0 Å². The summed E-state index contributed by atoms with van der Waals surface area (Å²) in [5.41, 5.74) is 0.916. The van der Waals surface area contributed by atoms with Crippen molar-refractivity contribution in [3.63, 3.8) is 0 Å². The first-order valence-corrected chi connectivity index (χ1v) is 8.09. The molecule has 3 unspecified atom stereocenters. The minimum atomic E-state index is -0.790. The lowest BCUT2D eigenvalue weighted by Crippen LogP contribution is -2.42. The van der Waals surface area contributed by atoms with Crippen LogP contribution in [-0.2, 0) is 14.3 Å². The van der Waals surface area contributed by atoms with Crippen LogP contribution in [0.15, 0.2) is 60.7 Å². The molecule has 2 aliphatic heterocycles. The fourth-order valence-electron chi connectivity index (χ4n) is 3.88. The molecule has 0 aromatic heterocycles. The largest absolute Gasteiger partial charge is 0.336 e. The minimum absolute atomic E-state index is 0.0166. The Bertz CT molecular complexity index is 719. The summed E-state index contributed by atoms with van der Waals surface area (Å²) in [6.45, 7) is 0. The summed E-state index contributed by atoms with van der Waals surface area (Å²) in [5, 5.41) is 0. The van der Waals surface area contributed by atoms with Gasteiger partial charge in [0.25, 0.3) is 5.91 Å². The van der Waals surface area contributed by atoms with E-state index >= 15 is 0 Å².